The molecule has 0 amide bonds. The van der Waals surface area contributed by atoms with Gasteiger partial charge in [0.1, 0.15) is 11.8 Å². The van der Waals surface area contributed by atoms with Crippen LogP contribution in [0.15, 0.2) is 29.1 Å². The highest BCUT2D eigenvalue weighted by molar-refractivity contribution is 5.80. The van der Waals surface area contributed by atoms with Crippen LogP contribution in [0.3, 0.4) is 0 Å². The van der Waals surface area contributed by atoms with E-state index in [1.54, 1.807) is 7.11 Å². The lowest BCUT2D eigenvalue weighted by Gasteiger charge is -2.38. The van der Waals surface area contributed by atoms with Crippen molar-refractivity contribution in [3.63, 3.8) is 0 Å². The van der Waals surface area contributed by atoms with Gasteiger partial charge in [-0.15, -0.1) is 5.10 Å². The molecule has 2 fully saturated rings. The molecule has 1 N–H and O–H groups in total. The van der Waals surface area contributed by atoms with Gasteiger partial charge in [-0.2, -0.15) is 0 Å². The van der Waals surface area contributed by atoms with Crippen LogP contribution >= 0.6 is 0 Å². The molecular formula is C23H31N7O2. The fourth-order valence-corrected chi connectivity index (χ4v) is 5.16. The summed E-state index contributed by atoms with van der Waals surface area (Å²) in [6, 6.07) is 7.71. The number of rotatable bonds is 6. The van der Waals surface area contributed by atoms with Gasteiger partial charge in [-0.25, -0.2) is 4.68 Å². The van der Waals surface area contributed by atoms with Crippen LogP contribution in [0.25, 0.3) is 10.9 Å². The molecule has 170 valence electrons. The van der Waals surface area contributed by atoms with Gasteiger partial charge >= 0.3 is 0 Å². The highest BCUT2D eigenvalue weighted by atomic mass is 16.5. The molecule has 0 radical (unpaired) electrons. The maximum absolute atomic E-state index is 13.3. The SMILES string of the molecule is CCN1CCN(C(c2cc3cc(OC)ccc3[nH]c2=O)c2nnnn2C2CCCC2)CC1. The van der Waals surface area contributed by atoms with Gasteiger partial charge in [0.05, 0.1) is 13.2 Å². The molecule has 1 aliphatic heterocycles. The topological polar surface area (TPSA) is 92.2 Å². The molecule has 1 aromatic carbocycles. The number of tetrazole rings is 1. The Morgan fingerprint density at radius 1 is 1.16 bits per heavy atom. The first-order valence-corrected chi connectivity index (χ1v) is 11.6. The second-order valence-electron chi connectivity index (χ2n) is 8.80. The zero-order valence-corrected chi connectivity index (χ0v) is 18.8. The summed E-state index contributed by atoms with van der Waals surface area (Å²) < 4.78 is 7.39. The van der Waals surface area contributed by atoms with Crippen molar-refractivity contribution < 1.29 is 4.74 Å². The molecule has 0 spiro atoms. The van der Waals surface area contributed by atoms with Crippen molar-refractivity contribution in [2.45, 2.75) is 44.7 Å². The van der Waals surface area contributed by atoms with Gasteiger partial charge < -0.3 is 14.6 Å². The van der Waals surface area contributed by atoms with Gasteiger partial charge in [0.2, 0.25) is 0 Å². The minimum atomic E-state index is -0.288. The van der Waals surface area contributed by atoms with Crippen molar-refractivity contribution in [1.29, 1.82) is 0 Å². The van der Waals surface area contributed by atoms with E-state index in [-0.39, 0.29) is 11.6 Å². The number of likely N-dealkylation sites (N-methyl/N-ethyl adjacent to an activating group) is 1. The Hall–Kier alpha value is -2.78. The number of nitrogens with zero attached hydrogens (tertiary/aromatic N) is 6. The number of hydrogen-bond donors (Lipinski definition) is 1. The van der Waals surface area contributed by atoms with Crippen LogP contribution < -0.4 is 10.3 Å². The van der Waals surface area contributed by atoms with E-state index in [0.29, 0.717) is 11.6 Å². The molecule has 3 aromatic rings. The predicted molar refractivity (Wildman–Crippen MR) is 122 cm³/mol. The first kappa shape index (κ1) is 21.1. The maximum Gasteiger partial charge on any atom is 0.253 e. The molecule has 5 rings (SSSR count). The number of piperazine rings is 1. The number of aromatic amines is 1. The Morgan fingerprint density at radius 3 is 2.66 bits per heavy atom. The molecule has 2 aromatic heterocycles. The van der Waals surface area contributed by atoms with Crippen LogP contribution in [0.2, 0.25) is 0 Å². The molecule has 1 saturated heterocycles. The van der Waals surface area contributed by atoms with Crippen molar-refractivity contribution >= 4 is 10.9 Å². The molecule has 1 aliphatic carbocycles. The lowest BCUT2D eigenvalue weighted by atomic mass is 10.0. The number of H-pyrrole nitrogens is 1. The zero-order chi connectivity index (χ0) is 22.1. The summed E-state index contributed by atoms with van der Waals surface area (Å²) in [4.78, 5) is 21.2. The van der Waals surface area contributed by atoms with Crippen molar-refractivity contribution in [3.8, 4) is 5.75 Å². The highest BCUT2D eigenvalue weighted by Crippen LogP contribution is 2.34. The zero-order valence-electron chi connectivity index (χ0n) is 18.8. The Labute approximate surface area is 187 Å². The van der Waals surface area contributed by atoms with E-state index in [9.17, 15) is 4.79 Å². The standard InChI is InChI=1S/C23H31N7O2/c1-3-28-10-12-29(13-11-28)21(22-25-26-27-30(22)17-6-4-5-7-17)19-15-16-14-18(32-2)8-9-20(16)24-23(19)31/h8-9,14-15,17,21H,3-7,10-13H2,1-2H3,(H,24,31). The van der Waals surface area contributed by atoms with Gasteiger partial charge in [0.25, 0.3) is 5.56 Å². The molecule has 2 aliphatic rings. The van der Waals surface area contributed by atoms with E-state index in [4.69, 9.17) is 4.74 Å². The number of ether oxygens (including phenoxy) is 1. The second kappa shape index (κ2) is 8.99. The summed E-state index contributed by atoms with van der Waals surface area (Å²) in [6.45, 7) is 6.90. The lowest BCUT2D eigenvalue weighted by molar-refractivity contribution is 0.107. The van der Waals surface area contributed by atoms with E-state index in [1.807, 2.05) is 28.9 Å². The third-order valence-electron chi connectivity index (χ3n) is 7.03. The van der Waals surface area contributed by atoms with Crippen molar-refractivity contribution in [2.24, 2.45) is 0 Å². The number of hydrogen-bond acceptors (Lipinski definition) is 7. The molecule has 32 heavy (non-hydrogen) atoms. The fraction of sp³-hybridized carbons (Fsp3) is 0.565. The number of methoxy groups -OCH3 is 1. The quantitative estimate of drug-likeness (QED) is 0.633. The molecule has 0 bridgehead atoms. The van der Waals surface area contributed by atoms with Crippen molar-refractivity contribution in [2.75, 3.05) is 39.8 Å². The summed E-state index contributed by atoms with van der Waals surface area (Å²) in [5, 5.41) is 13.8. The Kier molecular flexibility index (Phi) is 5.93. The van der Waals surface area contributed by atoms with Gasteiger partial charge in [0, 0.05) is 42.6 Å². The summed E-state index contributed by atoms with van der Waals surface area (Å²) in [7, 11) is 1.65. The number of pyridine rings is 1. The van der Waals surface area contributed by atoms with E-state index in [2.05, 4.69) is 37.2 Å². The minimum Gasteiger partial charge on any atom is -0.497 e. The summed E-state index contributed by atoms with van der Waals surface area (Å²) in [5.74, 6) is 1.54. The van der Waals surface area contributed by atoms with Crippen LogP contribution in [0.4, 0.5) is 0 Å². The van der Waals surface area contributed by atoms with Gasteiger partial charge in [-0.1, -0.05) is 19.8 Å². The van der Waals surface area contributed by atoms with E-state index >= 15 is 0 Å². The largest absolute Gasteiger partial charge is 0.497 e. The van der Waals surface area contributed by atoms with Gasteiger partial charge in [-0.05, 0) is 54.1 Å². The van der Waals surface area contributed by atoms with Crippen LogP contribution in [-0.2, 0) is 0 Å². The lowest BCUT2D eigenvalue weighted by Crippen LogP contribution is -2.49. The number of fused-ring (bicyclic) bond motifs is 1. The smallest absolute Gasteiger partial charge is 0.253 e. The maximum atomic E-state index is 13.3. The molecule has 3 heterocycles. The van der Waals surface area contributed by atoms with Crippen LogP contribution in [0.5, 0.6) is 5.75 Å². The van der Waals surface area contributed by atoms with Crippen LogP contribution in [-0.4, -0.2) is 74.8 Å². The van der Waals surface area contributed by atoms with E-state index < -0.39 is 0 Å². The number of benzene rings is 1. The van der Waals surface area contributed by atoms with Crippen molar-refractivity contribution in [3.05, 3.63) is 46.0 Å². The van der Waals surface area contributed by atoms with E-state index in [0.717, 1.165) is 68.0 Å². The molecule has 1 saturated carbocycles. The summed E-state index contributed by atoms with van der Waals surface area (Å²) in [5.41, 5.74) is 1.39. The van der Waals surface area contributed by atoms with Gasteiger partial charge in [0.15, 0.2) is 5.82 Å². The average Bonchev–Trinajstić information content (AvgIpc) is 3.52. The van der Waals surface area contributed by atoms with E-state index in [1.165, 1.54) is 12.8 Å². The molecule has 9 nitrogen and oxygen atoms in total. The Bertz CT molecular complexity index is 1130. The third-order valence-corrected chi connectivity index (χ3v) is 7.03. The normalized spacial score (nSPS) is 19.6. The minimum absolute atomic E-state index is 0.0911. The predicted octanol–water partition coefficient (Wildman–Crippen LogP) is 2.37. The summed E-state index contributed by atoms with van der Waals surface area (Å²) >= 11 is 0. The molecular weight excluding hydrogens is 406 g/mol. The number of nitrogens with one attached hydrogen (secondary N) is 1. The van der Waals surface area contributed by atoms with Crippen LogP contribution in [0.1, 0.15) is 56.1 Å². The Balaban J connectivity index is 1.61. The summed E-state index contributed by atoms with van der Waals surface area (Å²) in [6.07, 6.45) is 4.56. The number of aromatic nitrogens is 5. The first-order valence-electron chi connectivity index (χ1n) is 11.6. The van der Waals surface area contributed by atoms with Gasteiger partial charge in [-0.3, -0.25) is 9.69 Å². The molecule has 9 heteroatoms. The average molecular weight is 438 g/mol. The molecule has 1 atom stereocenters. The monoisotopic (exact) mass is 437 g/mol. The Morgan fingerprint density at radius 2 is 1.94 bits per heavy atom. The molecule has 1 unspecified atom stereocenters. The third kappa shape index (κ3) is 3.91. The first-order chi connectivity index (χ1) is 15.7. The van der Waals surface area contributed by atoms with Crippen molar-refractivity contribution in [1.82, 2.24) is 35.0 Å². The van der Waals surface area contributed by atoms with Crippen LogP contribution in [0, 0.1) is 0 Å². The fourth-order valence-electron chi connectivity index (χ4n) is 5.16. The second-order valence-corrected chi connectivity index (χ2v) is 8.80. The highest BCUT2D eigenvalue weighted by Gasteiger charge is 2.34.